The van der Waals surface area contributed by atoms with Gasteiger partial charge in [0.25, 0.3) is 0 Å². The van der Waals surface area contributed by atoms with Gasteiger partial charge in [-0.25, -0.2) is 8.42 Å². The molecule has 0 radical (unpaired) electrons. The highest BCUT2D eigenvalue weighted by atomic mass is 32.2. The van der Waals surface area contributed by atoms with Gasteiger partial charge < -0.3 is 4.74 Å². The number of benzene rings is 2. The van der Waals surface area contributed by atoms with Crippen LogP contribution in [0.4, 0.5) is 5.13 Å². The largest absolute Gasteiger partial charge is 0.497 e. The second-order valence-electron chi connectivity index (χ2n) is 6.93. The Bertz CT molecular complexity index is 1120. The highest BCUT2D eigenvalue weighted by Gasteiger charge is 2.30. The van der Waals surface area contributed by atoms with Crippen molar-refractivity contribution in [2.24, 2.45) is 5.92 Å². The van der Waals surface area contributed by atoms with Crippen LogP contribution in [0.5, 0.6) is 5.75 Å². The molecule has 1 heterocycles. The lowest BCUT2D eigenvalue weighted by molar-refractivity contribution is -0.118. The van der Waals surface area contributed by atoms with Crippen LogP contribution in [0.3, 0.4) is 0 Å². The molecule has 1 amide bonds. The van der Waals surface area contributed by atoms with Crippen LogP contribution in [0.15, 0.2) is 59.5 Å². The molecule has 8 nitrogen and oxygen atoms in total. The maximum atomic E-state index is 12.9. The monoisotopic (exact) mass is 460 g/mol. The van der Waals surface area contributed by atoms with Crippen molar-refractivity contribution in [1.82, 2.24) is 14.9 Å². The summed E-state index contributed by atoms with van der Waals surface area (Å²) >= 11 is 1.22. The molecular formula is C21H24N4O4S2. The molecule has 10 heteroatoms. The molecule has 31 heavy (non-hydrogen) atoms. The van der Waals surface area contributed by atoms with Crippen LogP contribution < -0.4 is 14.8 Å². The Kier molecular flexibility index (Phi) is 7.37. The number of anilines is 1. The van der Waals surface area contributed by atoms with E-state index in [1.165, 1.54) is 30.6 Å². The topological polar surface area (TPSA) is 110 Å². The number of carbonyl (C=O) groups excluding carboxylic acids is 1. The molecule has 2 N–H and O–H groups in total. The summed E-state index contributed by atoms with van der Waals surface area (Å²) in [5.41, 5.74) is 0.888. The Morgan fingerprint density at radius 2 is 1.77 bits per heavy atom. The molecule has 1 aromatic heterocycles. The Morgan fingerprint density at radius 1 is 1.10 bits per heavy atom. The Morgan fingerprint density at radius 3 is 2.39 bits per heavy atom. The predicted octanol–water partition coefficient (Wildman–Crippen LogP) is 3.55. The van der Waals surface area contributed by atoms with E-state index in [4.69, 9.17) is 4.74 Å². The third-order valence-electron chi connectivity index (χ3n) is 4.82. The summed E-state index contributed by atoms with van der Waals surface area (Å²) in [5, 5.41) is 11.8. The molecule has 3 aromatic rings. The molecule has 0 spiro atoms. The van der Waals surface area contributed by atoms with Gasteiger partial charge in [0.2, 0.25) is 21.1 Å². The van der Waals surface area contributed by atoms with Crippen LogP contribution >= 0.6 is 11.3 Å². The van der Waals surface area contributed by atoms with E-state index < -0.39 is 22.0 Å². The van der Waals surface area contributed by atoms with Crippen LogP contribution in [0, 0.1) is 5.92 Å². The molecule has 164 valence electrons. The molecule has 0 saturated heterocycles. The first-order valence-electron chi connectivity index (χ1n) is 9.70. The molecule has 2 atom stereocenters. The molecular weight excluding hydrogens is 436 g/mol. The van der Waals surface area contributed by atoms with E-state index in [0.717, 1.165) is 5.56 Å². The number of hydrogen-bond donors (Lipinski definition) is 2. The fourth-order valence-corrected chi connectivity index (χ4v) is 4.86. The van der Waals surface area contributed by atoms with E-state index >= 15 is 0 Å². The summed E-state index contributed by atoms with van der Waals surface area (Å²) in [4.78, 5) is 13.0. The van der Waals surface area contributed by atoms with Gasteiger partial charge >= 0.3 is 0 Å². The highest BCUT2D eigenvalue weighted by molar-refractivity contribution is 7.89. The number of sulfonamides is 1. The second-order valence-corrected chi connectivity index (χ2v) is 9.62. The minimum Gasteiger partial charge on any atom is -0.497 e. The van der Waals surface area contributed by atoms with E-state index in [0.29, 0.717) is 22.3 Å². The van der Waals surface area contributed by atoms with E-state index in [2.05, 4.69) is 20.2 Å². The van der Waals surface area contributed by atoms with Crippen molar-refractivity contribution in [3.05, 3.63) is 54.6 Å². The van der Waals surface area contributed by atoms with Crippen LogP contribution in [0.25, 0.3) is 10.6 Å². The fourth-order valence-electron chi connectivity index (χ4n) is 2.81. The maximum absolute atomic E-state index is 12.9. The first-order chi connectivity index (χ1) is 14.8. The number of carbonyl (C=O) groups is 1. The molecule has 0 bridgehead atoms. The van der Waals surface area contributed by atoms with Gasteiger partial charge in [0, 0.05) is 5.56 Å². The summed E-state index contributed by atoms with van der Waals surface area (Å²) in [5.74, 6) is -0.183. The SMILES string of the molecule is CC[C@@H](C)[C@H](NS(=O)(=O)c1ccc(OC)cc1)C(=O)Nc1nnc(-c2ccccc2)s1. The lowest BCUT2D eigenvalue weighted by Gasteiger charge is -2.22. The van der Waals surface area contributed by atoms with Crippen molar-refractivity contribution in [2.75, 3.05) is 12.4 Å². The Hall–Kier alpha value is -2.82. The number of aromatic nitrogens is 2. The summed E-state index contributed by atoms with van der Waals surface area (Å²) < 4.78 is 33.3. The minimum atomic E-state index is -3.91. The fraction of sp³-hybridized carbons (Fsp3) is 0.286. The standard InChI is InChI=1S/C21H24N4O4S2/c1-4-14(2)18(25-31(27,28)17-12-10-16(29-3)11-13-17)19(26)22-21-24-23-20(30-21)15-8-6-5-7-9-15/h5-14,18,25H,4H2,1-3H3,(H,22,24,26)/t14-,18+/m1/s1. The molecule has 0 saturated carbocycles. The Balaban J connectivity index is 1.77. The van der Waals surface area contributed by atoms with Crippen molar-refractivity contribution in [2.45, 2.75) is 31.2 Å². The zero-order valence-corrected chi connectivity index (χ0v) is 19.0. The third-order valence-corrected chi connectivity index (χ3v) is 7.17. The van der Waals surface area contributed by atoms with E-state index in [-0.39, 0.29) is 10.8 Å². The average Bonchev–Trinajstić information content (AvgIpc) is 3.26. The third kappa shape index (κ3) is 5.66. The second kappa shape index (κ2) is 9.99. The van der Waals surface area contributed by atoms with Crippen LogP contribution in [0.2, 0.25) is 0 Å². The quantitative estimate of drug-likeness (QED) is 0.505. The number of nitrogens with one attached hydrogen (secondary N) is 2. The predicted molar refractivity (Wildman–Crippen MR) is 121 cm³/mol. The smallest absolute Gasteiger partial charge is 0.244 e. The first kappa shape index (κ1) is 22.9. The summed E-state index contributed by atoms with van der Waals surface area (Å²) in [7, 11) is -2.41. The van der Waals surface area contributed by atoms with E-state index in [9.17, 15) is 13.2 Å². The normalized spacial score (nSPS) is 13.4. The maximum Gasteiger partial charge on any atom is 0.244 e. The van der Waals surface area contributed by atoms with Crippen LogP contribution in [-0.2, 0) is 14.8 Å². The van der Waals surface area contributed by atoms with Crippen molar-refractivity contribution < 1.29 is 17.9 Å². The number of amides is 1. The molecule has 2 aromatic carbocycles. The Labute approximate surface area is 185 Å². The van der Waals surface area contributed by atoms with E-state index in [1.807, 2.05) is 44.2 Å². The number of rotatable bonds is 9. The summed E-state index contributed by atoms with van der Waals surface area (Å²) in [6, 6.07) is 14.5. The van der Waals surface area contributed by atoms with Gasteiger partial charge in [0.15, 0.2) is 0 Å². The number of nitrogens with zero attached hydrogens (tertiary/aromatic N) is 2. The van der Waals surface area contributed by atoms with Gasteiger partial charge in [0.05, 0.1) is 12.0 Å². The average molecular weight is 461 g/mol. The molecule has 0 aliphatic rings. The number of hydrogen-bond acceptors (Lipinski definition) is 7. The molecule has 3 rings (SSSR count). The van der Waals surface area contributed by atoms with Crippen LogP contribution in [-0.4, -0.2) is 37.7 Å². The van der Waals surface area contributed by atoms with Crippen molar-refractivity contribution in [1.29, 1.82) is 0 Å². The number of ether oxygens (including phenoxy) is 1. The highest BCUT2D eigenvalue weighted by Crippen LogP contribution is 2.26. The summed E-state index contributed by atoms with van der Waals surface area (Å²) in [6.45, 7) is 3.71. The van der Waals surface area contributed by atoms with Crippen molar-refractivity contribution in [3.63, 3.8) is 0 Å². The lowest BCUT2D eigenvalue weighted by Crippen LogP contribution is -2.47. The molecule has 0 unspecified atom stereocenters. The summed E-state index contributed by atoms with van der Waals surface area (Å²) in [6.07, 6.45) is 0.606. The van der Waals surface area contributed by atoms with Crippen molar-refractivity contribution in [3.8, 4) is 16.3 Å². The molecule has 0 fully saturated rings. The number of methoxy groups -OCH3 is 1. The van der Waals surface area contributed by atoms with Crippen LogP contribution in [0.1, 0.15) is 20.3 Å². The van der Waals surface area contributed by atoms with Gasteiger partial charge in [0.1, 0.15) is 16.8 Å². The van der Waals surface area contributed by atoms with Gasteiger partial charge in [-0.3, -0.25) is 10.1 Å². The first-order valence-corrected chi connectivity index (χ1v) is 12.0. The zero-order chi connectivity index (χ0) is 22.4. The van der Waals surface area contributed by atoms with E-state index in [1.54, 1.807) is 12.1 Å². The molecule has 0 aliphatic carbocycles. The van der Waals surface area contributed by atoms with Gasteiger partial charge in [-0.05, 0) is 30.2 Å². The van der Waals surface area contributed by atoms with Gasteiger partial charge in [-0.2, -0.15) is 4.72 Å². The van der Waals surface area contributed by atoms with Gasteiger partial charge in [-0.1, -0.05) is 61.9 Å². The van der Waals surface area contributed by atoms with Crippen molar-refractivity contribution >= 4 is 32.4 Å². The molecule has 0 aliphatic heterocycles. The zero-order valence-electron chi connectivity index (χ0n) is 17.4. The minimum absolute atomic E-state index is 0.0525. The van der Waals surface area contributed by atoms with Gasteiger partial charge in [-0.15, -0.1) is 10.2 Å². The lowest BCUT2D eigenvalue weighted by atomic mass is 9.99.